The fraction of sp³-hybridized carbons (Fsp3) is 0.625. The molecule has 20 heavy (non-hydrogen) atoms. The van der Waals surface area contributed by atoms with Crippen LogP contribution in [0.3, 0.4) is 0 Å². The van der Waals surface area contributed by atoms with E-state index in [1.807, 2.05) is 12.1 Å². The highest BCUT2D eigenvalue weighted by molar-refractivity contribution is 5.45. The van der Waals surface area contributed by atoms with Gasteiger partial charge in [0.2, 0.25) is 6.79 Å². The minimum atomic E-state index is 0.0586. The summed E-state index contributed by atoms with van der Waals surface area (Å²) in [7, 11) is 0. The largest absolute Gasteiger partial charge is 0.454 e. The number of rotatable bonds is 3. The zero-order valence-corrected chi connectivity index (χ0v) is 11.8. The fourth-order valence-corrected chi connectivity index (χ4v) is 4.01. The maximum atomic E-state index is 6.38. The molecule has 0 amide bonds. The summed E-state index contributed by atoms with van der Waals surface area (Å²) in [4.78, 5) is 2.55. The molecule has 2 aliphatic heterocycles. The minimum Gasteiger partial charge on any atom is -0.454 e. The first-order chi connectivity index (χ1) is 9.79. The number of benzene rings is 1. The Morgan fingerprint density at radius 3 is 2.70 bits per heavy atom. The van der Waals surface area contributed by atoms with Gasteiger partial charge in [0.05, 0.1) is 0 Å². The van der Waals surface area contributed by atoms with Crippen LogP contribution in [0, 0.1) is 11.8 Å². The zero-order valence-electron chi connectivity index (χ0n) is 11.8. The van der Waals surface area contributed by atoms with Crippen LogP contribution in [0.5, 0.6) is 11.5 Å². The lowest BCUT2D eigenvalue weighted by atomic mass is 10.0. The van der Waals surface area contributed by atoms with Crippen LogP contribution in [0.25, 0.3) is 0 Å². The zero-order chi connectivity index (χ0) is 13.5. The average Bonchev–Trinajstić information content (AvgIpc) is 3.11. The van der Waals surface area contributed by atoms with Crippen molar-refractivity contribution in [1.82, 2.24) is 4.90 Å². The first-order valence-electron chi connectivity index (χ1n) is 7.67. The summed E-state index contributed by atoms with van der Waals surface area (Å²) in [5.74, 6) is 3.52. The number of hydrogen-bond donors (Lipinski definition) is 1. The molecule has 108 valence electrons. The molecule has 4 rings (SSSR count). The molecule has 3 unspecified atom stereocenters. The van der Waals surface area contributed by atoms with Gasteiger partial charge in [-0.05, 0) is 42.4 Å². The first-order valence-corrected chi connectivity index (χ1v) is 7.67. The molecule has 3 aliphatic rings. The normalized spacial score (nSPS) is 29.6. The van der Waals surface area contributed by atoms with Crippen molar-refractivity contribution in [2.75, 3.05) is 26.4 Å². The predicted octanol–water partition coefficient (Wildman–Crippen LogP) is 2.15. The molecule has 2 heterocycles. The van der Waals surface area contributed by atoms with Crippen LogP contribution < -0.4 is 15.2 Å². The third kappa shape index (κ3) is 2.17. The Morgan fingerprint density at radius 1 is 1.15 bits per heavy atom. The van der Waals surface area contributed by atoms with E-state index in [0.29, 0.717) is 6.79 Å². The van der Waals surface area contributed by atoms with E-state index in [-0.39, 0.29) is 6.04 Å². The summed E-state index contributed by atoms with van der Waals surface area (Å²) in [6, 6.07) is 6.12. The highest BCUT2D eigenvalue weighted by atomic mass is 16.7. The van der Waals surface area contributed by atoms with Crippen LogP contribution in [0.4, 0.5) is 0 Å². The van der Waals surface area contributed by atoms with Gasteiger partial charge >= 0.3 is 0 Å². The Bertz CT molecular complexity index is 493. The van der Waals surface area contributed by atoms with Gasteiger partial charge in [-0.15, -0.1) is 0 Å². The minimum absolute atomic E-state index is 0.0586. The average molecular weight is 274 g/mol. The lowest BCUT2D eigenvalue weighted by Gasteiger charge is -2.22. The highest BCUT2D eigenvalue weighted by Crippen LogP contribution is 2.38. The van der Waals surface area contributed by atoms with E-state index >= 15 is 0 Å². The summed E-state index contributed by atoms with van der Waals surface area (Å²) in [6.45, 7) is 3.75. The van der Waals surface area contributed by atoms with E-state index in [4.69, 9.17) is 15.2 Å². The van der Waals surface area contributed by atoms with E-state index in [9.17, 15) is 0 Å². The second-order valence-corrected chi connectivity index (χ2v) is 6.39. The molecule has 1 saturated carbocycles. The fourth-order valence-electron chi connectivity index (χ4n) is 4.01. The summed E-state index contributed by atoms with van der Waals surface area (Å²) < 4.78 is 10.8. The second kappa shape index (κ2) is 4.93. The molecule has 4 nitrogen and oxygen atoms in total. The van der Waals surface area contributed by atoms with E-state index in [0.717, 1.165) is 35.4 Å². The quantitative estimate of drug-likeness (QED) is 0.917. The maximum Gasteiger partial charge on any atom is 0.231 e. The van der Waals surface area contributed by atoms with Crippen molar-refractivity contribution >= 4 is 0 Å². The standard InChI is InChI=1S/C16H22N2O2/c17-14(9-18-7-12-2-1-3-13(12)8-18)11-4-5-15-16(6-11)20-10-19-15/h4-6,12-14H,1-3,7-10,17H2. The van der Waals surface area contributed by atoms with Crippen LogP contribution in [-0.2, 0) is 0 Å². The molecule has 0 aromatic heterocycles. The van der Waals surface area contributed by atoms with Crippen LogP contribution in [0.1, 0.15) is 30.9 Å². The summed E-state index contributed by atoms with van der Waals surface area (Å²) >= 11 is 0. The maximum absolute atomic E-state index is 6.38. The van der Waals surface area contributed by atoms with Crippen LogP contribution in [0.15, 0.2) is 18.2 Å². The number of hydrogen-bond acceptors (Lipinski definition) is 4. The Hall–Kier alpha value is -1.26. The Kier molecular flexibility index (Phi) is 3.08. The first kappa shape index (κ1) is 12.5. The topological polar surface area (TPSA) is 47.7 Å². The molecule has 0 spiro atoms. The van der Waals surface area contributed by atoms with Crippen molar-refractivity contribution in [1.29, 1.82) is 0 Å². The van der Waals surface area contributed by atoms with Crippen LogP contribution in [0.2, 0.25) is 0 Å². The van der Waals surface area contributed by atoms with Crippen molar-refractivity contribution in [2.45, 2.75) is 25.3 Å². The van der Waals surface area contributed by atoms with Crippen LogP contribution in [-0.4, -0.2) is 31.3 Å². The SMILES string of the molecule is NC(CN1CC2CCCC2C1)c1ccc2c(c1)OCO2. The summed E-state index contributed by atoms with van der Waals surface area (Å²) in [5, 5.41) is 0. The number of fused-ring (bicyclic) bond motifs is 2. The van der Waals surface area contributed by atoms with Gasteiger partial charge in [-0.1, -0.05) is 12.5 Å². The van der Waals surface area contributed by atoms with Gasteiger partial charge in [-0.3, -0.25) is 0 Å². The molecular weight excluding hydrogens is 252 g/mol. The third-order valence-corrected chi connectivity index (χ3v) is 5.08. The number of nitrogens with zero attached hydrogens (tertiary/aromatic N) is 1. The van der Waals surface area contributed by atoms with E-state index in [2.05, 4.69) is 11.0 Å². The van der Waals surface area contributed by atoms with Gasteiger partial charge in [0.15, 0.2) is 11.5 Å². The molecule has 0 radical (unpaired) electrons. The molecule has 1 saturated heterocycles. The number of likely N-dealkylation sites (tertiary alicyclic amines) is 1. The molecular formula is C16H22N2O2. The molecule has 1 aromatic rings. The molecule has 2 fully saturated rings. The van der Waals surface area contributed by atoms with Crippen molar-refractivity contribution < 1.29 is 9.47 Å². The van der Waals surface area contributed by atoms with Gasteiger partial charge in [0.25, 0.3) is 0 Å². The van der Waals surface area contributed by atoms with E-state index in [1.54, 1.807) is 0 Å². The third-order valence-electron chi connectivity index (χ3n) is 5.08. The molecule has 1 aliphatic carbocycles. The number of nitrogens with two attached hydrogens (primary N) is 1. The molecule has 1 aromatic carbocycles. The van der Waals surface area contributed by atoms with Crippen LogP contribution >= 0.6 is 0 Å². The Balaban J connectivity index is 1.41. The smallest absolute Gasteiger partial charge is 0.231 e. The monoisotopic (exact) mass is 274 g/mol. The second-order valence-electron chi connectivity index (χ2n) is 6.39. The molecule has 4 heteroatoms. The van der Waals surface area contributed by atoms with E-state index < -0.39 is 0 Å². The number of ether oxygens (including phenoxy) is 2. The van der Waals surface area contributed by atoms with Gasteiger partial charge in [-0.25, -0.2) is 0 Å². The Morgan fingerprint density at radius 2 is 1.90 bits per heavy atom. The van der Waals surface area contributed by atoms with Crippen molar-refractivity contribution in [3.8, 4) is 11.5 Å². The van der Waals surface area contributed by atoms with Gasteiger partial charge in [0.1, 0.15) is 0 Å². The summed E-state index contributed by atoms with van der Waals surface area (Å²) in [5.41, 5.74) is 7.53. The molecule has 2 N–H and O–H groups in total. The summed E-state index contributed by atoms with van der Waals surface area (Å²) in [6.07, 6.45) is 4.26. The molecule has 3 atom stereocenters. The highest BCUT2D eigenvalue weighted by Gasteiger charge is 2.36. The van der Waals surface area contributed by atoms with Crippen molar-refractivity contribution in [2.24, 2.45) is 17.6 Å². The van der Waals surface area contributed by atoms with Crippen molar-refractivity contribution in [3.05, 3.63) is 23.8 Å². The van der Waals surface area contributed by atoms with E-state index in [1.165, 1.54) is 32.4 Å². The van der Waals surface area contributed by atoms with Gasteiger partial charge in [-0.2, -0.15) is 0 Å². The molecule has 0 bridgehead atoms. The Labute approximate surface area is 119 Å². The predicted molar refractivity (Wildman–Crippen MR) is 76.8 cm³/mol. The van der Waals surface area contributed by atoms with Gasteiger partial charge < -0.3 is 20.1 Å². The lowest BCUT2D eigenvalue weighted by molar-refractivity contribution is 0.174. The van der Waals surface area contributed by atoms with Gasteiger partial charge in [0, 0.05) is 25.7 Å². The lowest BCUT2D eigenvalue weighted by Crippen LogP contribution is -2.31. The van der Waals surface area contributed by atoms with Crippen molar-refractivity contribution in [3.63, 3.8) is 0 Å².